The second kappa shape index (κ2) is 5.19. The van der Waals surface area contributed by atoms with Crippen molar-refractivity contribution in [2.24, 2.45) is 11.8 Å². The third-order valence-electron chi connectivity index (χ3n) is 3.55. The van der Waals surface area contributed by atoms with E-state index in [1.54, 1.807) is 26.0 Å². The van der Waals surface area contributed by atoms with Crippen molar-refractivity contribution in [3.05, 3.63) is 12.2 Å². The summed E-state index contributed by atoms with van der Waals surface area (Å²) >= 11 is 0. The van der Waals surface area contributed by atoms with Crippen LogP contribution >= 0.6 is 0 Å². The van der Waals surface area contributed by atoms with Gasteiger partial charge >= 0.3 is 5.97 Å². The summed E-state index contributed by atoms with van der Waals surface area (Å²) in [5.74, 6) is -1.03. The molecule has 98 valence electrons. The Hall–Kier alpha value is -0.870. The zero-order chi connectivity index (χ0) is 13.2. The molecule has 4 nitrogen and oxygen atoms in total. The maximum Gasteiger partial charge on any atom is 0.311 e. The van der Waals surface area contributed by atoms with Crippen molar-refractivity contribution in [3.63, 3.8) is 0 Å². The second-order valence-corrected chi connectivity index (χ2v) is 5.11. The summed E-state index contributed by atoms with van der Waals surface area (Å²) in [6.45, 7) is 7.06. The molecule has 0 radical (unpaired) electrons. The van der Waals surface area contributed by atoms with Gasteiger partial charge in [0.05, 0.1) is 17.6 Å². The van der Waals surface area contributed by atoms with E-state index in [0.717, 1.165) is 0 Å². The summed E-state index contributed by atoms with van der Waals surface area (Å²) in [6.07, 6.45) is 2.72. The molecule has 0 bridgehead atoms. The quantitative estimate of drug-likeness (QED) is 0.577. The van der Waals surface area contributed by atoms with Gasteiger partial charge in [-0.25, -0.2) is 0 Å². The first kappa shape index (κ1) is 14.2. The molecule has 2 N–H and O–H groups in total. The maximum absolute atomic E-state index is 11.5. The van der Waals surface area contributed by atoms with Gasteiger partial charge in [-0.3, -0.25) is 4.79 Å². The van der Waals surface area contributed by atoms with Crippen LogP contribution in [0.2, 0.25) is 0 Å². The SMILES string of the molecule is CC[C@@](C)(O)C=C[C@H]1OC(=O)[C@H](C)[C@H](O)[C@@H]1C. The average Bonchev–Trinajstić information content (AvgIpc) is 2.29. The minimum atomic E-state index is -0.903. The van der Waals surface area contributed by atoms with Gasteiger partial charge < -0.3 is 14.9 Å². The normalized spacial score (nSPS) is 37.9. The Balaban J connectivity index is 2.75. The lowest BCUT2D eigenvalue weighted by Gasteiger charge is -2.35. The highest BCUT2D eigenvalue weighted by Gasteiger charge is 2.39. The van der Waals surface area contributed by atoms with Crippen molar-refractivity contribution in [3.8, 4) is 0 Å². The first-order chi connectivity index (χ1) is 7.78. The Morgan fingerprint density at radius 3 is 2.59 bits per heavy atom. The van der Waals surface area contributed by atoms with E-state index in [-0.39, 0.29) is 11.9 Å². The molecule has 0 saturated carbocycles. The molecule has 0 aromatic rings. The number of cyclic esters (lactones) is 1. The zero-order valence-corrected chi connectivity index (χ0v) is 10.9. The Morgan fingerprint density at radius 1 is 1.47 bits per heavy atom. The van der Waals surface area contributed by atoms with Crippen LogP contribution in [0, 0.1) is 11.8 Å². The third kappa shape index (κ3) is 3.30. The fraction of sp³-hybridized carbons (Fsp3) is 0.769. The lowest BCUT2D eigenvalue weighted by atomic mass is 9.85. The molecule has 4 heteroatoms. The molecule has 1 rings (SSSR count). The highest BCUT2D eigenvalue weighted by atomic mass is 16.5. The van der Waals surface area contributed by atoms with Crippen LogP contribution in [0.4, 0.5) is 0 Å². The zero-order valence-electron chi connectivity index (χ0n) is 10.9. The molecule has 1 aliphatic rings. The van der Waals surface area contributed by atoms with Crippen molar-refractivity contribution >= 4 is 5.97 Å². The first-order valence-corrected chi connectivity index (χ1v) is 6.09. The van der Waals surface area contributed by atoms with Crippen molar-refractivity contribution < 1.29 is 19.7 Å². The summed E-state index contributed by atoms with van der Waals surface area (Å²) in [5, 5.41) is 19.7. The van der Waals surface area contributed by atoms with Crippen molar-refractivity contribution in [2.45, 2.75) is 51.9 Å². The number of carbonyl (C=O) groups is 1. The van der Waals surface area contributed by atoms with Gasteiger partial charge in [-0.05, 0) is 26.3 Å². The number of ether oxygens (including phenoxy) is 1. The van der Waals surface area contributed by atoms with Gasteiger partial charge in [-0.15, -0.1) is 0 Å². The van der Waals surface area contributed by atoms with E-state index in [4.69, 9.17) is 4.74 Å². The lowest BCUT2D eigenvalue weighted by molar-refractivity contribution is -0.172. The molecular weight excluding hydrogens is 220 g/mol. The van der Waals surface area contributed by atoms with Gasteiger partial charge in [0.25, 0.3) is 0 Å². The minimum Gasteiger partial charge on any atom is -0.457 e. The summed E-state index contributed by atoms with van der Waals surface area (Å²) in [7, 11) is 0. The minimum absolute atomic E-state index is 0.161. The van der Waals surface area contributed by atoms with Crippen molar-refractivity contribution in [2.75, 3.05) is 0 Å². The molecule has 0 spiro atoms. The number of carbonyl (C=O) groups excluding carboxylic acids is 1. The van der Waals surface area contributed by atoms with Crippen LogP contribution in [0.15, 0.2) is 12.2 Å². The number of hydrogen-bond donors (Lipinski definition) is 2. The Bertz CT molecular complexity index is 309. The van der Waals surface area contributed by atoms with Crippen LogP contribution in [0.5, 0.6) is 0 Å². The second-order valence-electron chi connectivity index (χ2n) is 5.11. The molecule has 0 aliphatic carbocycles. The van der Waals surface area contributed by atoms with Crippen LogP contribution in [-0.2, 0) is 9.53 Å². The van der Waals surface area contributed by atoms with E-state index in [1.165, 1.54) is 0 Å². The van der Waals surface area contributed by atoms with Crippen LogP contribution < -0.4 is 0 Å². The number of esters is 1. The topological polar surface area (TPSA) is 66.8 Å². The molecule has 1 fully saturated rings. The van der Waals surface area contributed by atoms with E-state index >= 15 is 0 Å². The van der Waals surface area contributed by atoms with Gasteiger partial charge in [0.2, 0.25) is 0 Å². The van der Waals surface area contributed by atoms with Crippen LogP contribution in [-0.4, -0.2) is 34.0 Å². The Morgan fingerprint density at radius 2 is 2.06 bits per heavy atom. The number of rotatable bonds is 3. The van der Waals surface area contributed by atoms with E-state index in [9.17, 15) is 15.0 Å². The lowest BCUT2D eigenvalue weighted by Crippen LogP contribution is -2.46. The highest BCUT2D eigenvalue weighted by Crippen LogP contribution is 2.27. The standard InChI is InChI=1S/C13H22O4/c1-5-13(4,16)7-6-10-8(2)11(14)9(3)12(15)17-10/h6-11,14,16H,5H2,1-4H3/t8-,9-,10-,11-,13-/m1/s1. The van der Waals surface area contributed by atoms with Crippen molar-refractivity contribution in [1.82, 2.24) is 0 Å². The number of aliphatic hydroxyl groups excluding tert-OH is 1. The molecule has 0 unspecified atom stereocenters. The van der Waals surface area contributed by atoms with E-state index in [1.807, 2.05) is 13.8 Å². The average molecular weight is 242 g/mol. The van der Waals surface area contributed by atoms with Gasteiger partial charge in [0.15, 0.2) is 0 Å². The van der Waals surface area contributed by atoms with Gasteiger partial charge in [0, 0.05) is 5.92 Å². The molecule has 0 aromatic carbocycles. The molecule has 1 aliphatic heterocycles. The third-order valence-corrected chi connectivity index (χ3v) is 3.55. The van der Waals surface area contributed by atoms with Gasteiger partial charge in [0.1, 0.15) is 6.10 Å². The van der Waals surface area contributed by atoms with Crippen LogP contribution in [0.3, 0.4) is 0 Å². The maximum atomic E-state index is 11.5. The summed E-state index contributed by atoms with van der Waals surface area (Å²) in [5.41, 5.74) is -0.903. The van der Waals surface area contributed by atoms with E-state index in [2.05, 4.69) is 0 Å². The molecule has 0 amide bonds. The predicted octanol–water partition coefficient (Wildman–Crippen LogP) is 1.26. The fourth-order valence-corrected chi connectivity index (χ4v) is 1.77. The van der Waals surface area contributed by atoms with Crippen LogP contribution in [0.1, 0.15) is 34.1 Å². The predicted molar refractivity (Wildman–Crippen MR) is 64.3 cm³/mol. The summed E-state index contributed by atoms with van der Waals surface area (Å²) in [4.78, 5) is 11.5. The summed E-state index contributed by atoms with van der Waals surface area (Å²) in [6, 6.07) is 0. The Kier molecular flexibility index (Phi) is 4.33. The molecule has 1 saturated heterocycles. The largest absolute Gasteiger partial charge is 0.457 e. The highest BCUT2D eigenvalue weighted by molar-refractivity contribution is 5.74. The molecule has 5 atom stereocenters. The Labute approximate surface area is 102 Å². The number of hydrogen-bond acceptors (Lipinski definition) is 4. The molecular formula is C13H22O4. The van der Waals surface area contributed by atoms with E-state index < -0.39 is 23.7 Å². The molecule has 17 heavy (non-hydrogen) atoms. The summed E-state index contributed by atoms with van der Waals surface area (Å²) < 4.78 is 5.22. The number of aliphatic hydroxyl groups is 2. The molecule has 1 heterocycles. The molecule has 0 aromatic heterocycles. The monoisotopic (exact) mass is 242 g/mol. The smallest absolute Gasteiger partial charge is 0.311 e. The fourth-order valence-electron chi connectivity index (χ4n) is 1.77. The van der Waals surface area contributed by atoms with Crippen molar-refractivity contribution in [1.29, 1.82) is 0 Å². The van der Waals surface area contributed by atoms with Crippen LogP contribution in [0.25, 0.3) is 0 Å². The van der Waals surface area contributed by atoms with E-state index in [0.29, 0.717) is 6.42 Å². The van der Waals surface area contributed by atoms with Gasteiger partial charge in [-0.1, -0.05) is 19.9 Å². The first-order valence-electron chi connectivity index (χ1n) is 6.09. The van der Waals surface area contributed by atoms with Gasteiger partial charge in [-0.2, -0.15) is 0 Å².